The van der Waals surface area contributed by atoms with Gasteiger partial charge in [-0.2, -0.15) is 0 Å². The molecule has 0 unspecified atom stereocenters. The van der Waals surface area contributed by atoms with Gasteiger partial charge < -0.3 is 15.3 Å². The molecule has 1 aliphatic heterocycles. The molecule has 126 valence electrons. The van der Waals surface area contributed by atoms with Crippen LogP contribution in [0.5, 0.6) is 0 Å². The van der Waals surface area contributed by atoms with Gasteiger partial charge in [0, 0.05) is 42.9 Å². The number of nitrogens with zero attached hydrogens (tertiary/aromatic N) is 1. The number of rotatable bonds is 4. The van der Waals surface area contributed by atoms with Crippen LogP contribution in [0.25, 0.3) is 0 Å². The van der Waals surface area contributed by atoms with Crippen molar-refractivity contribution in [2.75, 3.05) is 24.6 Å². The van der Waals surface area contributed by atoms with E-state index in [1.54, 1.807) is 0 Å². The van der Waals surface area contributed by atoms with Gasteiger partial charge in [-0.15, -0.1) is 0 Å². The Morgan fingerprint density at radius 1 is 1.17 bits per heavy atom. The lowest BCUT2D eigenvalue weighted by molar-refractivity contribution is -0.0366. The van der Waals surface area contributed by atoms with Gasteiger partial charge in [-0.25, -0.2) is 0 Å². The number of amides is 1. The maximum Gasteiger partial charge on any atom is 0.251 e. The third-order valence-corrected chi connectivity index (χ3v) is 5.46. The molecule has 0 bridgehead atoms. The van der Waals surface area contributed by atoms with Crippen LogP contribution in [0.15, 0.2) is 24.3 Å². The van der Waals surface area contributed by atoms with Gasteiger partial charge >= 0.3 is 0 Å². The smallest absolute Gasteiger partial charge is 0.251 e. The van der Waals surface area contributed by atoms with Crippen LogP contribution in [0.2, 0.25) is 0 Å². The lowest BCUT2D eigenvalue weighted by Crippen LogP contribution is -2.63. The summed E-state index contributed by atoms with van der Waals surface area (Å²) in [5, 5.41) is 12.3. The van der Waals surface area contributed by atoms with E-state index in [2.05, 4.69) is 37.9 Å². The van der Waals surface area contributed by atoms with Crippen molar-refractivity contribution in [2.24, 2.45) is 16.7 Å². The van der Waals surface area contributed by atoms with Gasteiger partial charge in [0.1, 0.15) is 0 Å². The van der Waals surface area contributed by atoms with Crippen LogP contribution in [-0.2, 0) is 0 Å². The minimum Gasteiger partial charge on any atom is -0.396 e. The monoisotopic (exact) mass is 316 g/mol. The molecule has 2 aliphatic rings. The van der Waals surface area contributed by atoms with Crippen molar-refractivity contribution in [3.8, 4) is 0 Å². The van der Waals surface area contributed by atoms with Gasteiger partial charge in [0.05, 0.1) is 0 Å². The second-order valence-electron chi connectivity index (χ2n) is 8.56. The summed E-state index contributed by atoms with van der Waals surface area (Å²) in [5.41, 5.74) is 2.16. The molecule has 1 aromatic carbocycles. The molecule has 2 N–H and O–H groups in total. The van der Waals surface area contributed by atoms with Crippen molar-refractivity contribution in [3.05, 3.63) is 29.8 Å². The number of hydrogen-bond acceptors (Lipinski definition) is 3. The quantitative estimate of drug-likeness (QED) is 0.898. The molecule has 1 saturated heterocycles. The van der Waals surface area contributed by atoms with Gasteiger partial charge in [-0.1, -0.05) is 27.7 Å². The third-order valence-electron chi connectivity index (χ3n) is 5.46. The number of hydrogen-bond donors (Lipinski definition) is 2. The molecule has 0 radical (unpaired) electrons. The molecular weight excluding hydrogens is 288 g/mol. The molecule has 4 heteroatoms. The van der Waals surface area contributed by atoms with E-state index < -0.39 is 0 Å². The van der Waals surface area contributed by atoms with Crippen molar-refractivity contribution in [1.29, 1.82) is 0 Å². The summed E-state index contributed by atoms with van der Waals surface area (Å²) in [6, 6.07) is 8.01. The highest BCUT2D eigenvalue weighted by molar-refractivity contribution is 5.95. The van der Waals surface area contributed by atoms with E-state index in [9.17, 15) is 4.79 Å². The Labute approximate surface area is 138 Å². The Hall–Kier alpha value is -1.55. The average Bonchev–Trinajstić information content (AvgIpc) is 2.43. The van der Waals surface area contributed by atoms with Crippen molar-refractivity contribution in [2.45, 2.75) is 40.2 Å². The average molecular weight is 316 g/mol. The first-order valence-corrected chi connectivity index (χ1v) is 8.50. The highest BCUT2D eigenvalue weighted by atomic mass is 16.3. The minimum atomic E-state index is 0.0132. The summed E-state index contributed by atoms with van der Waals surface area (Å²) < 4.78 is 0. The number of aliphatic hydroxyl groups excluding tert-OH is 1. The van der Waals surface area contributed by atoms with Crippen molar-refractivity contribution in [3.63, 3.8) is 0 Å². The maximum absolute atomic E-state index is 12.5. The van der Waals surface area contributed by atoms with Crippen LogP contribution >= 0.6 is 0 Å². The zero-order valence-electron chi connectivity index (χ0n) is 14.6. The fourth-order valence-electron chi connectivity index (χ4n) is 4.63. The Kier molecular flexibility index (Phi) is 3.91. The molecule has 2 fully saturated rings. The fourth-order valence-corrected chi connectivity index (χ4v) is 4.63. The summed E-state index contributed by atoms with van der Waals surface area (Å²) in [4.78, 5) is 14.8. The molecule has 1 aromatic rings. The Morgan fingerprint density at radius 3 is 2.22 bits per heavy atom. The first-order chi connectivity index (χ1) is 10.7. The number of carbonyl (C=O) groups excluding carboxylic acids is 1. The van der Waals surface area contributed by atoms with E-state index in [0.29, 0.717) is 11.5 Å². The maximum atomic E-state index is 12.5. The molecule has 1 amide bonds. The van der Waals surface area contributed by atoms with E-state index >= 15 is 0 Å². The third kappa shape index (κ3) is 2.97. The van der Waals surface area contributed by atoms with Crippen LogP contribution in [0.3, 0.4) is 0 Å². The molecule has 1 saturated carbocycles. The second kappa shape index (κ2) is 5.52. The van der Waals surface area contributed by atoms with Crippen LogP contribution < -0.4 is 10.2 Å². The van der Waals surface area contributed by atoms with Crippen LogP contribution in [0, 0.1) is 16.7 Å². The van der Waals surface area contributed by atoms with Gasteiger partial charge in [-0.05, 0) is 41.5 Å². The summed E-state index contributed by atoms with van der Waals surface area (Å²) in [5.74, 6) is 0.403. The SMILES string of the molecule is CC1(C)CC(C)(C)C1NC(=O)c1ccc(N2CC(CO)C2)cc1. The predicted octanol–water partition coefficient (Wildman–Crippen LogP) is 2.67. The molecule has 1 heterocycles. The first-order valence-electron chi connectivity index (χ1n) is 8.50. The van der Waals surface area contributed by atoms with E-state index in [4.69, 9.17) is 5.11 Å². The zero-order valence-corrected chi connectivity index (χ0v) is 14.6. The molecular formula is C19H28N2O2. The zero-order chi connectivity index (χ0) is 16.8. The van der Waals surface area contributed by atoms with E-state index in [1.807, 2.05) is 24.3 Å². The molecule has 23 heavy (non-hydrogen) atoms. The summed E-state index contributed by atoms with van der Waals surface area (Å²) >= 11 is 0. The highest BCUT2D eigenvalue weighted by Crippen LogP contribution is 2.53. The largest absolute Gasteiger partial charge is 0.396 e. The standard InChI is InChI=1S/C19H28N2O2/c1-18(2)12-19(3,4)17(18)20-16(23)14-5-7-15(8-6-14)21-9-13(10-21)11-22/h5-8,13,17,22H,9-12H2,1-4H3,(H,20,23). The highest BCUT2D eigenvalue weighted by Gasteiger charge is 2.53. The van der Waals surface area contributed by atoms with Crippen molar-refractivity contribution >= 4 is 11.6 Å². The molecule has 0 atom stereocenters. The Morgan fingerprint density at radius 2 is 1.74 bits per heavy atom. The van der Waals surface area contributed by atoms with Crippen molar-refractivity contribution < 1.29 is 9.90 Å². The summed E-state index contributed by atoms with van der Waals surface area (Å²) in [6.07, 6.45) is 1.13. The lowest BCUT2D eigenvalue weighted by Gasteiger charge is -2.57. The van der Waals surface area contributed by atoms with E-state index in [0.717, 1.165) is 25.2 Å². The van der Waals surface area contributed by atoms with Crippen LogP contribution in [0.4, 0.5) is 5.69 Å². The molecule has 0 aromatic heterocycles. The molecule has 1 aliphatic carbocycles. The normalized spacial score (nSPS) is 23.1. The van der Waals surface area contributed by atoms with Gasteiger partial charge in [0.25, 0.3) is 5.91 Å². The fraction of sp³-hybridized carbons (Fsp3) is 0.632. The number of nitrogens with one attached hydrogen (secondary N) is 1. The van der Waals surface area contributed by atoms with E-state index in [-0.39, 0.29) is 29.4 Å². The summed E-state index contributed by atoms with van der Waals surface area (Å²) in [7, 11) is 0. The number of benzene rings is 1. The number of anilines is 1. The molecule has 0 spiro atoms. The first kappa shape index (κ1) is 16.3. The van der Waals surface area contributed by atoms with E-state index in [1.165, 1.54) is 0 Å². The van der Waals surface area contributed by atoms with Gasteiger partial charge in [0.2, 0.25) is 0 Å². The number of aliphatic hydroxyl groups is 1. The molecule has 3 rings (SSSR count). The van der Waals surface area contributed by atoms with Crippen LogP contribution in [-0.4, -0.2) is 36.8 Å². The van der Waals surface area contributed by atoms with Crippen LogP contribution in [0.1, 0.15) is 44.5 Å². The van der Waals surface area contributed by atoms with Gasteiger partial charge in [-0.3, -0.25) is 4.79 Å². The van der Waals surface area contributed by atoms with Crippen molar-refractivity contribution in [1.82, 2.24) is 5.32 Å². The second-order valence-corrected chi connectivity index (χ2v) is 8.56. The minimum absolute atomic E-state index is 0.0132. The Balaban J connectivity index is 1.62. The molecule has 4 nitrogen and oxygen atoms in total. The summed E-state index contributed by atoms with van der Waals surface area (Å²) in [6.45, 7) is 10.9. The predicted molar refractivity (Wildman–Crippen MR) is 92.7 cm³/mol. The topological polar surface area (TPSA) is 52.6 Å². The van der Waals surface area contributed by atoms with Gasteiger partial charge in [0.15, 0.2) is 0 Å². The number of carbonyl (C=O) groups is 1. The lowest BCUT2D eigenvalue weighted by atomic mass is 9.52. The Bertz CT molecular complexity index is 572.